The standard InChI is InChI=1S/C8H12N4O2/c1-2-3-12-6(9)5(7(10)13)4-11-8(12)14/h4H,2-3,9H2,1H3,(H2,10,13). The van der Waals surface area contributed by atoms with Crippen molar-refractivity contribution in [1.82, 2.24) is 9.55 Å². The summed E-state index contributed by atoms with van der Waals surface area (Å²) < 4.78 is 1.24. The van der Waals surface area contributed by atoms with Gasteiger partial charge in [0.05, 0.1) is 5.56 Å². The summed E-state index contributed by atoms with van der Waals surface area (Å²) in [6.07, 6.45) is 1.83. The van der Waals surface area contributed by atoms with E-state index in [9.17, 15) is 9.59 Å². The molecule has 0 aliphatic carbocycles. The van der Waals surface area contributed by atoms with Crippen molar-refractivity contribution in [3.8, 4) is 0 Å². The molecule has 1 heterocycles. The number of aromatic nitrogens is 2. The first-order valence-electron chi connectivity index (χ1n) is 4.23. The van der Waals surface area contributed by atoms with Crippen LogP contribution < -0.4 is 17.2 Å². The van der Waals surface area contributed by atoms with Gasteiger partial charge in [0.1, 0.15) is 5.82 Å². The summed E-state index contributed by atoms with van der Waals surface area (Å²) in [6, 6.07) is 0. The molecular formula is C8H12N4O2. The molecule has 4 N–H and O–H groups in total. The zero-order valence-corrected chi connectivity index (χ0v) is 7.86. The highest BCUT2D eigenvalue weighted by Crippen LogP contribution is 2.06. The van der Waals surface area contributed by atoms with E-state index in [2.05, 4.69) is 4.98 Å². The number of primary amides is 1. The van der Waals surface area contributed by atoms with E-state index in [-0.39, 0.29) is 11.4 Å². The average molecular weight is 196 g/mol. The highest BCUT2D eigenvalue weighted by Gasteiger charge is 2.11. The zero-order chi connectivity index (χ0) is 10.7. The fourth-order valence-corrected chi connectivity index (χ4v) is 1.13. The van der Waals surface area contributed by atoms with Gasteiger partial charge >= 0.3 is 5.69 Å². The van der Waals surface area contributed by atoms with Crippen molar-refractivity contribution in [2.24, 2.45) is 5.73 Å². The molecule has 14 heavy (non-hydrogen) atoms. The molecule has 76 valence electrons. The van der Waals surface area contributed by atoms with Gasteiger partial charge in [-0.3, -0.25) is 9.36 Å². The average Bonchev–Trinajstić information content (AvgIpc) is 2.11. The molecule has 0 saturated heterocycles. The maximum Gasteiger partial charge on any atom is 0.349 e. The minimum Gasteiger partial charge on any atom is -0.384 e. The Bertz CT molecular complexity index is 410. The van der Waals surface area contributed by atoms with E-state index in [1.165, 1.54) is 4.57 Å². The van der Waals surface area contributed by atoms with Crippen molar-refractivity contribution >= 4 is 11.7 Å². The van der Waals surface area contributed by atoms with Gasteiger partial charge in [-0.15, -0.1) is 0 Å². The van der Waals surface area contributed by atoms with Crippen LogP contribution >= 0.6 is 0 Å². The van der Waals surface area contributed by atoms with Crippen molar-refractivity contribution in [1.29, 1.82) is 0 Å². The molecule has 1 rings (SSSR count). The number of amides is 1. The smallest absolute Gasteiger partial charge is 0.349 e. The van der Waals surface area contributed by atoms with Crippen LogP contribution in [0.3, 0.4) is 0 Å². The van der Waals surface area contributed by atoms with Gasteiger partial charge in [0.2, 0.25) is 0 Å². The van der Waals surface area contributed by atoms with Crippen molar-refractivity contribution < 1.29 is 4.79 Å². The third-order valence-electron chi connectivity index (χ3n) is 1.81. The minimum atomic E-state index is -0.681. The molecule has 0 radical (unpaired) electrons. The van der Waals surface area contributed by atoms with Crippen LogP contribution in [0.5, 0.6) is 0 Å². The minimum absolute atomic E-state index is 0.0815. The predicted octanol–water partition coefficient (Wildman–Crippen LogP) is -0.666. The van der Waals surface area contributed by atoms with Crippen LogP contribution in [0.1, 0.15) is 23.7 Å². The second kappa shape index (κ2) is 3.91. The van der Waals surface area contributed by atoms with Gasteiger partial charge in [-0.05, 0) is 6.42 Å². The van der Waals surface area contributed by atoms with Crippen molar-refractivity contribution in [2.75, 3.05) is 5.73 Å². The predicted molar refractivity (Wildman–Crippen MR) is 51.7 cm³/mol. The summed E-state index contributed by atoms with van der Waals surface area (Å²) in [5.74, 6) is -0.598. The number of hydrogen-bond acceptors (Lipinski definition) is 4. The van der Waals surface area contributed by atoms with E-state index in [0.717, 1.165) is 12.6 Å². The van der Waals surface area contributed by atoms with E-state index in [4.69, 9.17) is 11.5 Å². The monoisotopic (exact) mass is 196 g/mol. The van der Waals surface area contributed by atoms with Crippen LogP contribution in [0.4, 0.5) is 5.82 Å². The van der Waals surface area contributed by atoms with Gasteiger partial charge in [0, 0.05) is 12.7 Å². The van der Waals surface area contributed by atoms with Gasteiger partial charge in [0.15, 0.2) is 0 Å². The number of hydrogen-bond donors (Lipinski definition) is 2. The van der Waals surface area contributed by atoms with Crippen LogP contribution in [0.25, 0.3) is 0 Å². The number of nitrogen functional groups attached to an aromatic ring is 1. The molecule has 6 nitrogen and oxygen atoms in total. The van der Waals surface area contributed by atoms with E-state index < -0.39 is 11.6 Å². The second-order valence-corrected chi connectivity index (χ2v) is 2.86. The fourth-order valence-electron chi connectivity index (χ4n) is 1.13. The first kappa shape index (κ1) is 10.2. The fraction of sp³-hybridized carbons (Fsp3) is 0.375. The normalized spacial score (nSPS) is 10.1. The third-order valence-corrected chi connectivity index (χ3v) is 1.81. The summed E-state index contributed by atoms with van der Waals surface area (Å²) in [7, 11) is 0. The number of nitrogens with zero attached hydrogens (tertiary/aromatic N) is 2. The van der Waals surface area contributed by atoms with Gasteiger partial charge in [-0.2, -0.15) is 0 Å². The lowest BCUT2D eigenvalue weighted by molar-refractivity contribution is 0.1000. The number of nitrogens with two attached hydrogens (primary N) is 2. The molecule has 0 fully saturated rings. The number of carbonyl (C=O) groups is 1. The second-order valence-electron chi connectivity index (χ2n) is 2.86. The highest BCUT2D eigenvalue weighted by molar-refractivity contribution is 5.96. The number of rotatable bonds is 3. The molecule has 6 heteroatoms. The highest BCUT2D eigenvalue weighted by atomic mass is 16.2. The summed E-state index contributed by atoms with van der Waals surface area (Å²) in [6.45, 7) is 2.32. The quantitative estimate of drug-likeness (QED) is 0.669. The molecule has 0 aliphatic heterocycles. The molecule has 0 unspecified atom stereocenters. The van der Waals surface area contributed by atoms with E-state index >= 15 is 0 Å². The Morgan fingerprint density at radius 2 is 2.29 bits per heavy atom. The van der Waals surface area contributed by atoms with Gasteiger partial charge in [-0.1, -0.05) is 6.92 Å². The Labute approximate surface area is 80.5 Å². The maximum atomic E-state index is 11.2. The van der Waals surface area contributed by atoms with Crippen LogP contribution in [0.15, 0.2) is 11.0 Å². The lowest BCUT2D eigenvalue weighted by atomic mass is 10.3. The van der Waals surface area contributed by atoms with Crippen molar-refractivity contribution in [3.05, 3.63) is 22.2 Å². The zero-order valence-electron chi connectivity index (χ0n) is 7.86. The Hall–Kier alpha value is -1.85. The van der Waals surface area contributed by atoms with Gasteiger partial charge in [-0.25, -0.2) is 9.78 Å². The van der Waals surface area contributed by atoms with Crippen LogP contribution in [0.2, 0.25) is 0 Å². The Balaban J connectivity index is 3.33. The van der Waals surface area contributed by atoms with Crippen molar-refractivity contribution in [2.45, 2.75) is 19.9 Å². The van der Waals surface area contributed by atoms with Crippen LogP contribution in [-0.2, 0) is 6.54 Å². The Morgan fingerprint density at radius 3 is 2.79 bits per heavy atom. The molecule has 0 aliphatic rings. The number of anilines is 1. The van der Waals surface area contributed by atoms with Gasteiger partial charge in [0.25, 0.3) is 5.91 Å². The first-order chi connectivity index (χ1) is 6.57. The lowest BCUT2D eigenvalue weighted by Gasteiger charge is -2.09. The molecule has 1 amide bonds. The third kappa shape index (κ3) is 1.73. The van der Waals surface area contributed by atoms with Crippen LogP contribution in [-0.4, -0.2) is 15.5 Å². The molecule has 0 saturated carbocycles. The largest absolute Gasteiger partial charge is 0.384 e. The molecule has 1 aromatic rings. The first-order valence-corrected chi connectivity index (χ1v) is 4.23. The summed E-state index contributed by atoms with van der Waals surface area (Å²) in [5.41, 5.74) is 10.3. The molecule has 0 spiro atoms. The Kier molecular flexibility index (Phi) is 2.85. The lowest BCUT2D eigenvalue weighted by Crippen LogP contribution is -2.29. The van der Waals surface area contributed by atoms with Crippen molar-refractivity contribution in [3.63, 3.8) is 0 Å². The van der Waals surface area contributed by atoms with E-state index in [0.29, 0.717) is 6.54 Å². The van der Waals surface area contributed by atoms with Gasteiger partial charge < -0.3 is 11.5 Å². The maximum absolute atomic E-state index is 11.2. The van der Waals surface area contributed by atoms with E-state index in [1.807, 2.05) is 6.92 Å². The summed E-state index contributed by atoms with van der Waals surface area (Å²) in [4.78, 5) is 25.6. The van der Waals surface area contributed by atoms with Crippen LogP contribution in [0, 0.1) is 0 Å². The molecule has 1 aromatic heterocycles. The summed E-state index contributed by atoms with van der Waals surface area (Å²) >= 11 is 0. The molecule has 0 bridgehead atoms. The topological polar surface area (TPSA) is 104 Å². The SMILES string of the molecule is CCCn1c(N)c(C(N)=O)cnc1=O. The molecular weight excluding hydrogens is 184 g/mol. The Morgan fingerprint density at radius 1 is 1.64 bits per heavy atom. The van der Waals surface area contributed by atoms with E-state index in [1.54, 1.807) is 0 Å². The number of carbonyl (C=O) groups excluding carboxylic acids is 1. The molecule has 0 atom stereocenters. The molecule has 0 aromatic carbocycles. The summed E-state index contributed by atoms with van der Waals surface area (Å²) in [5, 5.41) is 0.